The molecular weight excluding hydrogens is 336 g/mol. The predicted molar refractivity (Wildman–Crippen MR) is 92.9 cm³/mol. The summed E-state index contributed by atoms with van der Waals surface area (Å²) in [5.74, 6) is 0.551. The van der Waals surface area contributed by atoms with E-state index in [1.807, 2.05) is 0 Å². The molecule has 2 aromatic rings. The SMILES string of the molecule is CC1(C)Oc2c(O)cc([C@@H]3CC(=O)c4ccc(O)cc4O3)cc2C[C@@H]1O. The van der Waals surface area contributed by atoms with Crippen LogP contribution < -0.4 is 9.47 Å². The van der Waals surface area contributed by atoms with Crippen molar-refractivity contribution in [2.24, 2.45) is 0 Å². The topological polar surface area (TPSA) is 96.2 Å². The standard InChI is InChI=1S/C20H20O6/c1-20(2)18(24)7-11-5-10(6-15(23)19(11)26-20)16-9-14(22)13-4-3-12(21)8-17(13)25-16/h3-6,8,16,18,21,23-24H,7,9H2,1-2H3/t16-,18-/m0/s1. The van der Waals surface area contributed by atoms with Gasteiger partial charge in [-0.2, -0.15) is 0 Å². The lowest BCUT2D eigenvalue weighted by Gasteiger charge is -2.37. The van der Waals surface area contributed by atoms with Crippen molar-refractivity contribution in [3.63, 3.8) is 0 Å². The maximum Gasteiger partial charge on any atom is 0.170 e. The van der Waals surface area contributed by atoms with Crippen LogP contribution >= 0.6 is 0 Å². The number of fused-ring (bicyclic) bond motifs is 2. The van der Waals surface area contributed by atoms with E-state index in [0.717, 1.165) is 0 Å². The van der Waals surface area contributed by atoms with Crippen LogP contribution in [0.2, 0.25) is 0 Å². The number of phenols is 2. The summed E-state index contributed by atoms with van der Waals surface area (Å²) in [6.45, 7) is 3.53. The molecule has 0 aromatic heterocycles. The van der Waals surface area contributed by atoms with Crippen molar-refractivity contribution in [3.05, 3.63) is 47.0 Å². The van der Waals surface area contributed by atoms with Gasteiger partial charge in [-0.05, 0) is 43.7 Å². The fourth-order valence-corrected chi connectivity index (χ4v) is 3.43. The first-order valence-corrected chi connectivity index (χ1v) is 8.50. The summed E-state index contributed by atoms with van der Waals surface area (Å²) in [5.41, 5.74) is 0.935. The Hall–Kier alpha value is -2.73. The molecule has 4 rings (SSSR count). The van der Waals surface area contributed by atoms with Gasteiger partial charge in [-0.25, -0.2) is 0 Å². The van der Waals surface area contributed by atoms with Gasteiger partial charge in [0.1, 0.15) is 23.2 Å². The third-order valence-electron chi connectivity index (χ3n) is 5.03. The van der Waals surface area contributed by atoms with E-state index in [4.69, 9.17) is 9.47 Å². The van der Waals surface area contributed by atoms with Gasteiger partial charge < -0.3 is 24.8 Å². The number of benzene rings is 2. The number of ether oxygens (including phenoxy) is 2. The summed E-state index contributed by atoms with van der Waals surface area (Å²) < 4.78 is 11.6. The van der Waals surface area contributed by atoms with E-state index in [2.05, 4.69) is 0 Å². The van der Waals surface area contributed by atoms with Crippen molar-refractivity contribution in [2.75, 3.05) is 0 Å². The average Bonchev–Trinajstić information content (AvgIpc) is 2.56. The normalized spacial score (nSPS) is 23.4. The second kappa shape index (κ2) is 5.64. The lowest BCUT2D eigenvalue weighted by molar-refractivity contribution is -0.0426. The molecule has 0 amide bonds. The second-order valence-corrected chi connectivity index (χ2v) is 7.37. The third kappa shape index (κ3) is 2.66. The number of hydrogen-bond donors (Lipinski definition) is 3. The highest BCUT2D eigenvalue weighted by atomic mass is 16.5. The van der Waals surface area contributed by atoms with Crippen LogP contribution in [-0.4, -0.2) is 32.8 Å². The summed E-state index contributed by atoms with van der Waals surface area (Å²) in [6.07, 6.45) is -0.830. The Morgan fingerprint density at radius 2 is 1.88 bits per heavy atom. The lowest BCUT2D eigenvalue weighted by Crippen LogP contribution is -2.46. The van der Waals surface area contributed by atoms with Gasteiger partial charge in [-0.3, -0.25) is 4.79 Å². The first-order valence-electron chi connectivity index (χ1n) is 8.50. The van der Waals surface area contributed by atoms with Gasteiger partial charge in [0, 0.05) is 18.1 Å². The van der Waals surface area contributed by atoms with Crippen LogP contribution in [0.15, 0.2) is 30.3 Å². The molecule has 0 saturated heterocycles. The van der Waals surface area contributed by atoms with Gasteiger partial charge in [0.25, 0.3) is 0 Å². The molecule has 0 bridgehead atoms. The molecule has 136 valence electrons. The molecule has 2 aliphatic heterocycles. The van der Waals surface area contributed by atoms with Crippen LogP contribution in [0.3, 0.4) is 0 Å². The highest BCUT2D eigenvalue weighted by Crippen LogP contribution is 2.44. The molecule has 26 heavy (non-hydrogen) atoms. The van der Waals surface area contributed by atoms with E-state index < -0.39 is 17.8 Å². The zero-order valence-electron chi connectivity index (χ0n) is 14.5. The molecule has 2 heterocycles. The average molecular weight is 356 g/mol. The number of aromatic hydroxyl groups is 2. The molecule has 2 aromatic carbocycles. The van der Waals surface area contributed by atoms with Crippen molar-refractivity contribution in [2.45, 2.75) is 44.5 Å². The Labute approximate surface area is 150 Å². The number of phenolic OH excluding ortho intramolecular Hbond substituents is 2. The fourth-order valence-electron chi connectivity index (χ4n) is 3.43. The van der Waals surface area contributed by atoms with Crippen molar-refractivity contribution in [1.82, 2.24) is 0 Å². The Bertz CT molecular complexity index is 901. The highest BCUT2D eigenvalue weighted by Gasteiger charge is 2.38. The molecule has 2 atom stereocenters. The lowest BCUT2D eigenvalue weighted by atomic mass is 9.88. The van der Waals surface area contributed by atoms with Gasteiger partial charge in [0.2, 0.25) is 0 Å². The molecule has 0 radical (unpaired) electrons. The van der Waals surface area contributed by atoms with E-state index in [-0.39, 0.29) is 23.7 Å². The molecule has 0 fully saturated rings. The van der Waals surface area contributed by atoms with Crippen LogP contribution in [0.1, 0.15) is 47.9 Å². The molecule has 6 heteroatoms. The van der Waals surface area contributed by atoms with Gasteiger partial charge in [-0.1, -0.05) is 0 Å². The molecule has 0 aliphatic carbocycles. The monoisotopic (exact) mass is 356 g/mol. The zero-order valence-corrected chi connectivity index (χ0v) is 14.5. The van der Waals surface area contributed by atoms with Crippen molar-refractivity contribution in [1.29, 1.82) is 0 Å². The van der Waals surface area contributed by atoms with Crippen molar-refractivity contribution < 1.29 is 29.6 Å². The number of hydrogen-bond acceptors (Lipinski definition) is 6. The van der Waals surface area contributed by atoms with Crippen molar-refractivity contribution in [3.8, 4) is 23.0 Å². The minimum Gasteiger partial charge on any atom is -0.508 e. The van der Waals surface area contributed by atoms with E-state index in [1.54, 1.807) is 26.0 Å². The molecule has 2 aliphatic rings. The third-order valence-corrected chi connectivity index (χ3v) is 5.03. The van der Waals surface area contributed by atoms with Gasteiger partial charge in [-0.15, -0.1) is 0 Å². The summed E-state index contributed by atoms with van der Waals surface area (Å²) in [6, 6.07) is 7.72. The number of rotatable bonds is 1. The quantitative estimate of drug-likeness (QED) is 0.727. The smallest absolute Gasteiger partial charge is 0.170 e. The van der Waals surface area contributed by atoms with Gasteiger partial charge >= 0.3 is 0 Å². The second-order valence-electron chi connectivity index (χ2n) is 7.37. The number of aliphatic hydroxyl groups is 1. The molecule has 0 saturated carbocycles. The number of Topliss-reactive ketones (excluding diaryl/α,β-unsaturated/α-hetero) is 1. The zero-order chi connectivity index (χ0) is 18.6. The minimum atomic E-state index is -0.792. The number of carbonyl (C=O) groups excluding carboxylic acids is 1. The van der Waals surface area contributed by atoms with Crippen LogP contribution in [0, 0.1) is 0 Å². The maximum atomic E-state index is 12.4. The summed E-state index contributed by atoms with van der Waals surface area (Å²) in [7, 11) is 0. The Balaban J connectivity index is 1.71. The predicted octanol–water partition coefficient (Wildman–Crippen LogP) is 2.88. The summed E-state index contributed by atoms with van der Waals surface area (Å²) in [4.78, 5) is 12.4. The fraction of sp³-hybridized carbons (Fsp3) is 0.350. The summed E-state index contributed by atoms with van der Waals surface area (Å²) >= 11 is 0. The van der Waals surface area contributed by atoms with Gasteiger partial charge in [0.15, 0.2) is 17.3 Å². The number of ketones is 1. The minimum absolute atomic E-state index is 0.0178. The van der Waals surface area contributed by atoms with E-state index in [1.165, 1.54) is 18.2 Å². The highest BCUT2D eigenvalue weighted by molar-refractivity contribution is 6.00. The molecular formula is C20H20O6. The van der Waals surface area contributed by atoms with E-state index in [9.17, 15) is 20.1 Å². The van der Waals surface area contributed by atoms with E-state index in [0.29, 0.717) is 34.6 Å². The van der Waals surface area contributed by atoms with Crippen molar-refractivity contribution >= 4 is 5.78 Å². The Morgan fingerprint density at radius 1 is 1.12 bits per heavy atom. The van der Waals surface area contributed by atoms with Crippen LogP contribution in [-0.2, 0) is 6.42 Å². The Morgan fingerprint density at radius 3 is 2.65 bits per heavy atom. The molecule has 6 nitrogen and oxygen atoms in total. The maximum absolute atomic E-state index is 12.4. The number of aliphatic hydroxyl groups excluding tert-OH is 1. The first kappa shape index (κ1) is 16.7. The van der Waals surface area contributed by atoms with Gasteiger partial charge in [0.05, 0.1) is 18.1 Å². The van der Waals surface area contributed by atoms with Crippen LogP contribution in [0.4, 0.5) is 0 Å². The van der Waals surface area contributed by atoms with E-state index >= 15 is 0 Å². The molecule has 0 spiro atoms. The number of carbonyl (C=O) groups is 1. The van der Waals surface area contributed by atoms with Crippen LogP contribution in [0.25, 0.3) is 0 Å². The summed E-state index contributed by atoms with van der Waals surface area (Å²) in [5, 5.41) is 30.3. The molecule has 0 unspecified atom stereocenters. The molecule has 3 N–H and O–H groups in total. The first-order chi connectivity index (χ1) is 12.2. The largest absolute Gasteiger partial charge is 0.508 e. The van der Waals surface area contributed by atoms with Crippen LogP contribution in [0.5, 0.6) is 23.0 Å². The Kier molecular flexibility index (Phi) is 3.63.